The zero-order chi connectivity index (χ0) is 21.9. The van der Waals surface area contributed by atoms with E-state index in [1.54, 1.807) is 4.90 Å². The minimum Gasteiger partial charge on any atom is -0.453 e. The number of nitrogens with zero attached hydrogens (tertiary/aromatic N) is 2. The van der Waals surface area contributed by atoms with Crippen molar-refractivity contribution in [2.24, 2.45) is 4.99 Å². The lowest BCUT2D eigenvalue weighted by molar-refractivity contribution is 0.0503. The Morgan fingerprint density at radius 2 is 1.83 bits per heavy atom. The van der Waals surface area contributed by atoms with Gasteiger partial charge < -0.3 is 30.3 Å². The van der Waals surface area contributed by atoms with Crippen LogP contribution in [-0.4, -0.2) is 74.0 Å². The lowest BCUT2D eigenvalue weighted by Crippen LogP contribution is -2.50. The summed E-state index contributed by atoms with van der Waals surface area (Å²) in [6.07, 6.45) is 2.72. The molecule has 1 atom stereocenters. The molecular formula is C20H40IN5O4. The molecule has 0 aromatic rings. The van der Waals surface area contributed by atoms with Crippen molar-refractivity contribution in [3.8, 4) is 0 Å². The van der Waals surface area contributed by atoms with Crippen LogP contribution in [0.1, 0.15) is 60.3 Å². The first kappa shape index (κ1) is 28.5. The minimum absolute atomic E-state index is 0. The molecule has 1 saturated heterocycles. The Hall–Kier alpha value is -1.46. The van der Waals surface area contributed by atoms with E-state index < -0.39 is 11.7 Å². The number of hydrogen-bond donors (Lipinski definition) is 3. The van der Waals surface area contributed by atoms with Crippen LogP contribution in [0.4, 0.5) is 9.59 Å². The van der Waals surface area contributed by atoms with Crippen molar-refractivity contribution in [3.63, 3.8) is 0 Å². The highest BCUT2D eigenvalue weighted by Gasteiger charge is 2.24. The van der Waals surface area contributed by atoms with E-state index in [0.717, 1.165) is 38.2 Å². The summed E-state index contributed by atoms with van der Waals surface area (Å²) in [6.45, 7) is 12.1. The third-order valence-electron chi connectivity index (χ3n) is 4.44. The van der Waals surface area contributed by atoms with Gasteiger partial charge >= 0.3 is 12.2 Å². The van der Waals surface area contributed by atoms with Crippen LogP contribution in [0.5, 0.6) is 0 Å². The second-order valence-corrected chi connectivity index (χ2v) is 8.23. The molecule has 1 rings (SSSR count). The molecule has 0 radical (unpaired) electrons. The number of hydrogen-bond acceptors (Lipinski definition) is 5. The van der Waals surface area contributed by atoms with Crippen LogP contribution in [0.2, 0.25) is 0 Å². The first-order valence-corrected chi connectivity index (χ1v) is 10.6. The van der Waals surface area contributed by atoms with Crippen molar-refractivity contribution in [2.75, 3.05) is 33.3 Å². The summed E-state index contributed by atoms with van der Waals surface area (Å²) >= 11 is 0. The number of aliphatic imine (C=N–C) groups is 1. The van der Waals surface area contributed by atoms with Crippen molar-refractivity contribution in [3.05, 3.63) is 0 Å². The maximum absolute atomic E-state index is 12.1. The molecule has 30 heavy (non-hydrogen) atoms. The monoisotopic (exact) mass is 541 g/mol. The molecule has 0 spiro atoms. The van der Waals surface area contributed by atoms with Gasteiger partial charge in [-0.1, -0.05) is 13.3 Å². The second-order valence-electron chi connectivity index (χ2n) is 8.23. The quantitative estimate of drug-likeness (QED) is 0.260. The highest BCUT2D eigenvalue weighted by atomic mass is 127. The largest absolute Gasteiger partial charge is 0.453 e. The molecule has 0 saturated carbocycles. The predicted octanol–water partition coefficient (Wildman–Crippen LogP) is 3.08. The molecule has 10 heteroatoms. The molecule has 1 aliphatic heterocycles. The highest BCUT2D eigenvalue weighted by molar-refractivity contribution is 14.0. The molecule has 0 aromatic carbocycles. The van der Waals surface area contributed by atoms with Crippen molar-refractivity contribution in [2.45, 2.75) is 78.0 Å². The molecule has 0 aromatic heterocycles. The average molecular weight is 541 g/mol. The molecule has 1 unspecified atom stereocenters. The van der Waals surface area contributed by atoms with Gasteiger partial charge in [0.05, 0.1) is 19.7 Å². The lowest BCUT2D eigenvalue weighted by Gasteiger charge is -2.32. The first-order valence-electron chi connectivity index (χ1n) is 10.6. The summed E-state index contributed by atoms with van der Waals surface area (Å²) in [5.41, 5.74) is -0.528. The number of likely N-dealkylation sites (tertiary alicyclic amines) is 1. The topological polar surface area (TPSA) is 104 Å². The Morgan fingerprint density at radius 1 is 1.20 bits per heavy atom. The van der Waals surface area contributed by atoms with Crippen LogP contribution >= 0.6 is 24.0 Å². The lowest BCUT2D eigenvalue weighted by atomic mass is 10.1. The minimum atomic E-state index is -0.528. The van der Waals surface area contributed by atoms with Gasteiger partial charge in [0.25, 0.3) is 0 Å². The Kier molecular flexibility index (Phi) is 13.8. The van der Waals surface area contributed by atoms with Crippen LogP contribution in [0, 0.1) is 0 Å². The number of amides is 2. The number of ether oxygens (including phenoxy) is 2. The second kappa shape index (κ2) is 14.5. The van der Waals surface area contributed by atoms with E-state index in [2.05, 4.69) is 27.9 Å². The molecule has 9 nitrogen and oxygen atoms in total. The van der Waals surface area contributed by atoms with Gasteiger partial charge in [-0.25, -0.2) is 9.59 Å². The fraction of sp³-hybridized carbons (Fsp3) is 0.850. The summed E-state index contributed by atoms with van der Waals surface area (Å²) < 4.78 is 10.1. The van der Waals surface area contributed by atoms with E-state index in [1.165, 1.54) is 7.11 Å². The van der Waals surface area contributed by atoms with Gasteiger partial charge in [-0.15, -0.1) is 24.0 Å². The summed E-state index contributed by atoms with van der Waals surface area (Å²) in [5, 5.41) is 9.61. The molecule has 1 heterocycles. The van der Waals surface area contributed by atoms with E-state index in [9.17, 15) is 9.59 Å². The van der Waals surface area contributed by atoms with Crippen LogP contribution in [0.25, 0.3) is 0 Å². The van der Waals surface area contributed by atoms with Gasteiger partial charge in [0.2, 0.25) is 0 Å². The fourth-order valence-electron chi connectivity index (χ4n) is 3.08. The van der Waals surface area contributed by atoms with E-state index in [0.29, 0.717) is 19.6 Å². The SMILES string of the molecule is CCCC(CN=C(NCC)NC1CCN(C(=O)OC)CC1)NC(=O)OC(C)(C)C.I. The number of piperidine rings is 1. The summed E-state index contributed by atoms with van der Waals surface area (Å²) in [4.78, 5) is 30.1. The van der Waals surface area contributed by atoms with Gasteiger partial charge in [0.1, 0.15) is 5.60 Å². The van der Waals surface area contributed by atoms with E-state index in [4.69, 9.17) is 9.47 Å². The zero-order valence-corrected chi connectivity index (χ0v) is 21.6. The molecule has 0 aliphatic carbocycles. The third-order valence-corrected chi connectivity index (χ3v) is 4.44. The Morgan fingerprint density at radius 3 is 2.33 bits per heavy atom. The standard InChI is InChI=1S/C20H39N5O4.HI/c1-7-9-16(24-18(26)29-20(3,4)5)14-22-17(21-8-2)23-15-10-12-25(13-11-15)19(27)28-6;/h15-16H,7-14H2,1-6H3,(H,24,26)(H2,21,22,23);1H. The van der Waals surface area contributed by atoms with E-state index in [1.807, 2.05) is 27.7 Å². The Balaban J connectivity index is 0.00000841. The predicted molar refractivity (Wildman–Crippen MR) is 130 cm³/mol. The molecular weight excluding hydrogens is 501 g/mol. The van der Waals surface area contributed by atoms with Crippen LogP contribution in [-0.2, 0) is 9.47 Å². The highest BCUT2D eigenvalue weighted by Crippen LogP contribution is 2.11. The summed E-state index contributed by atoms with van der Waals surface area (Å²) in [6, 6.07) is 0.142. The summed E-state index contributed by atoms with van der Waals surface area (Å²) in [7, 11) is 1.40. The zero-order valence-electron chi connectivity index (χ0n) is 19.2. The fourth-order valence-corrected chi connectivity index (χ4v) is 3.08. The van der Waals surface area contributed by atoms with Crippen LogP contribution in [0.3, 0.4) is 0 Å². The summed E-state index contributed by atoms with van der Waals surface area (Å²) in [5.74, 6) is 0.719. The van der Waals surface area contributed by atoms with E-state index >= 15 is 0 Å². The number of rotatable bonds is 7. The molecule has 176 valence electrons. The van der Waals surface area contributed by atoms with E-state index in [-0.39, 0.29) is 42.2 Å². The maximum Gasteiger partial charge on any atom is 0.409 e. The van der Waals surface area contributed by atoms with Crippen molar-refractivity contribution in [1.29, 1.82) is 0 Å². The molecule has 0 bridgehead atoms. The Labute approximate surface area is 198 Å². The third kappa shape index (κ3) is 11.7. The first-order chi connectivity index (χ1) is 13.7. The molecule has 3 N–H and O–H groups in total. The van der Waals surface area contributed by atoms with Crippen molar-refractivity contribution in [1.82, 2.24) is 20.9 Å². The van der Waals surface area contributed by atoms with Gasteiger partial charge in [-0.3, -0.25) is 4.99 Å². The smallest absolute Gasteiger partial charge is 0.409 e. The number of carbonyl (C=O) groups is 2. The van der Waals surface area contributed by atoms with Gasteiger partial charge in [-0.05, 0) is 47.0 Å². The molecule has 2 amide bonds. The molecule has 1 fully saturated rings. The number of guanidine groups is 1. The number of methoxy groups -OCH3 is 1. The number of carbonyl (C=O) groups excluding carboxylic acids is 2. The number of halogens is 1. The van der Waals surface area contributed by atoms with Crippen LogP contribution in [0.15, 0.2) is 4.99 Å². The average Bonchev–Trinajstić information content (AvgIpc) is 2.64. The van der Waals surface area contributed by atoms with Gasteiger partial charge in [-0.2, -0.15) is 0 Å². The van der Waals surface area contributed by atoms with Gasteiger partial charge in [0.15, 0.2) is 5.96 Å². The van der Waals surface area contributed by atoms with Crippen molar-refractivity contribution >= 4 is 42.1 Å². The number of nitrogens with one attached hydrogen (secondary N) is 3. The van der Waals surface area contributed by atoms with Crippen molar-refractivity contribution < 1.29 is 19.1 Å². The maximum atomic E-state index is 12.1. The van der Waals surface area contributed by atoms with Gasteiger partial charge in [0, 0.05) is 25.7 Å². The number of alkyl carbamates (subject to hydrolysis) is 1. The van der Waals surface area contributed by atoms with Crippen LogP contribution < -0.4 is 16.0 Å². The normalized spacial score (nSPS) is 16.2. The Bertz CT molecular complexity index is 546. The molecule has 1 aliphatic rings.